The fourth-order valence-corrected chi connectivity index (χ4v) is 31.9. The van der Waals surface area contributed by atoms with Gasteiger partial charge in [0.05, 0.1) is 165 Å². The van der Waals surface area contributed by atoms with E-state index in [0.29, 0.717) is 45.0 Å². The van der Waals surface area contributed by atoms with E-state index in [-0.39, 0.29) is 92.7 Å². The van der Waals surface area contributed by atoms with Crippen molar-refractivity contribution >= 4 is 539 Å². The first-order valence-electron chi connectivity index (χ1n) is 28.5. The number of anilines is 4. The van der Waals surface area contributed by atoms with E-state index in [1.807, 2.05) is 226 Å². The van der Waals surface area contributed by atoms with Gasteiger partial charge in [-0.3, -0.25) is 62.3 Å². The number of carbonyl (C=O) groups is 15. The maximum atomic E-state index is 12.9. The van der Waals surface area contributed by atoms with Crippen LogP contribution in [0.15, 0.2) is 4.53 Å². The molecular weight excluding hydrogens is 3390 g/mol. The Morgan fingerprint density at radius 3 is 0.860 bits per heavy atom. The minimum absolute atomic E-state index is 0.00380. The molecule has 5 rings (SSSR count). The van der Waals surface area contributed by atoms with Crippen molar-refractivity contribution in [3.05, 3.63) is 109 Å². The van der Waals surface area contributed by atoms with Crippen LogP contribution in [0.1, 0.15) is 138 Å². The van der Waals surface area contributed by atoms with Gasteiger partial charge in [-0.2, -0.15) is 0 Å². The Labute approximate surface area is 889 Å². The fourth-order valence-electron chi connectivity index (χ4n) is 7.35. The Kier molecular flexibility index (Phi) is 56.2. The number of amides is 4. The second-order valence-corrected chi connectivity index (χ2v) is 39.1. The molecule has 55 heteroatoms. The largest absolute Gasteiger partial charge is 0.478 e. The van der Waals surface area contributed by atoms with Gasteiger partial charge in [-0.15, -0.1) is 0 Å². The number of nitrogens with two attached hydrogens (primary N) is 2. The van der Waals surface area contributed by atoms with Crippen molar-refractivity contribution in [2.45, 2.75) is 65.0 Å². The second-order valence-electron chi connectivity index (χ2n) is 20.3. The number of nitrogens with one attached hydrogen (secondary N) is 4. The number of esters is 2. The van der Waals surface area contributed by atoms with Gasteiger partial charge in [-0.1, -0.05) is 0 Å². The lowest BCUT2D eigenvalue weighted by Crippen LogP contribution is -2.42. The predicted molar refractivity (Wildman–Crippen MR) is 550 cm³/mol. The standard InChI is InChI=1S/C17H22I3N3O8.C13H8Cl2I3NO5.C8Cl2I3NO3S.C8H2Cl2I3NO2.C8H4I3NO4.C5H7ClO3/c1-6(28)15(29)23-14-12(19)9(16(30)21-7(2-24)3-25)11(18)10(13(14)20)17(31)22-8(4-26)5-27;1-3(24-4(2)20)13(23)19-10-8(17)5(11(14)21)7(16)6(9(10)18)12(15)22;9-7(15)1-3(11)2(8(10)16)5(13)6(4(1)12)17-14-18;9-7(15)1-3(11)2(8(10)16)5(13)6(14)4(1)12;9-3-1(7(13)14)4(10)6(12)5(11)2(3)8(15)16;1-3(5(6)8)9-4(2)7/h6-8,24-28H,2-5H2,1H3,(H,21,30)(H,22,31)(H,23,29);3H,1-2H3,(H,19,23);;14H2;12H2,(H,13,14)(H,15,16);3H,1-2H3/t6-;3-;;;;3-/m00...0/s1. The summed E-state index contributed by atoms with van der Waals surface area (Å²) in [6.07, 6.45) is -3.25. The summed E-state index contributed by atoms with van der Waals surface area (Å²) in [5, 5.41) is 69.5. The monoisotopic (exact) mass is 3430 g/mol. The molecule has 0 fully saturated rings. The highest BCUT2D eigenvalue weighted by atomic mass is 127. The number of hydrogen-bond acceptors (Lipinski definition) is 27. The summed E-state index contributed by atoms with van der Waals surface area (Å²) in [4.78, 5) is 177. The van der Waals surface area contributed by atoms with Gasteiger partial charge in [0.25, 0.3) is 60.3 Å². The number of rotatable bonds is 25. The van der Waals surface area contributed by atoms with Crippen molar-refractivity contribution < 1.29 is 122 Å². The van der Waals surface area contributed by atoms with E-state index >= 15 is 0 Å². The van der Waals surface area contributed by atoms with Crippen molar-refractivity contribution in [2.24, 2.45) is 4.53 Å². The Morgan fingerprint density at radius 1 is 0.386 bits per heavy atom. The van der Waals surface area contributed by atoms with Crippen molar-refractivity contribution in [1.82, 2.24) is 10.6 Å². The number of carbonyl (C=O) groups excluding carboxylic acids is 13. The summed E-state index contributed by atoms with van der Waals surface area (Å²) in [5.74, 6) is -6.08. The van der Waals surface area contributed by atoms with Gasteiger partial charge in [-0.05, 0) is 445 Å². The average molecular weight is 3430 g/mol. The molecule has 0 spiro atoms. The van der Waals surface area contributed by atoms with E-state index < -0.39 is 141 Å². The number of ether oxygens (including phenoxy) is 2. The molecule has 114 heavy (non-hydrogen) atoms. The lowest BCUT2D eigenvalue weighted by atomic mass is 10.1. The zero-order chi connectivity index (χ0) is 89.4. The quantitative estimate of drug-likeness (QED) is 0.00848. The third-order valence-electron chi connectivity index (χ3n) is 12.6. The molecule has 32 nitrogen and oxygen atoms in total. The van der Waals surface area contributed by atoms with E-state index in [9.17, 15) is 97.5 Å². The van der Waals surface area contributed by atoms with Crippen LogP contribution in [0.3, 0.4) is 0 Å². The maximum Gasteiger partial charge on any atom is 0.337 e. The van der Waals surface area contributed by atoms with Crippen LogP contribution >= 0.6 is 420 Å². The van der Waals surface area contributed by atoms with Crippen LogP contribution in [0.2, 0.25) is 0 Å². The van der Waals surface area contributed by atoms with Crippen LogP contribution in [-0.4, -0.2) is 177 Å². The number of carboxylic acids is 2. The van der Waals surface area contributed by atoms with Crippen LogP contribution < -0.4 is 37.6 Å². The number of benzene rings is 5. The summed E-state index contributed by atoms with van der Waals surface area (Å²) in [5.41, 5.74) is 13.1. The number of carboxylic acid groups (broad SMARTS) is 2. The van der Waals surface area contributed by atoms with E-state index in [1.165, 1.54) is 34.6 Å². The van der Waals surface area contributed by atoms with E-state index in [4.69, 9.17) is 112 Å². The Hall–Kier alpha value is 1.75. The number of hydrogen-bond donors (Lipinski definition) is 13. The molecule has 5 aromatic rings. The smallest absolute Gasteiger partial charge is 0.337 e. The summed E-state index contributed by atoms with van der Waals surface area (Å²) in [7, 11) is 0. The first kappa shape index (κ1) is 116. The molecule has 0 radical (unpaired) electrons. The minimum atomic E-state index is -1.36. The zero-order valence-electron chi connectivity index (χ0n) is 56.0. The molecule has 0 unspecified atom stereocenters. The van der Waals surface area contributed by atoms with Crippen LogP contribution in [0.25, 0.3) is 0 Å². The van der Waals surface area contributed by atoms with Crippen LogP contribution in [0.4, 0.5) is 22.7 Å². The van der Waals surface area contributed by atoms with Gasteiger partial charge in [0.2, 0.25) is 0 Å². The molecule has 0 bridgehead atoms. The zero-order valence-corrected chi connectivity index (χ0v) is 94.5. The average Bonchev–Trinajstić information content (AvgIpc) is 0.778. The molecule has 624 valence electrons. The minimum Gasteiger partial charge on any atom is -0.478 e. The molecule has 0 heterocycles. The molecule has 3 atom stereocenters. The van der Waals surface area contributed by atoms with Crippen LogP contribution in [0, 0.1) is 53.6 Å². The molecule has 0 saturated heterocycles. The Bertz CT molecular complexity index is 4420. The lowest BCUT2D eigenvalue weighted by molar-refractivity contribution is -0.150. The highest BCUT2D eigenvalue weighted by Crippen LogP contribution is 2.42. The van der Waals surface area contributed by atoms with Crippen molar-refractivity contribution in [3.8, 4) is 5.75 Å². The number of aliphatic hydroxyl groups is 5. The Morgan fingerprint density at radius 2 is 0.623 bits per heavy atom. The molecule has 0 aliphatic carbocycles. The number of nitrogens with zero attached hydrogens (tertiary/aromatic N) is 1. The number of aliphatic hydroxyl groups excluding tert-OH is 5. The number of nitrogen functional groups attached to an aromatic ring is 2. The van der Waals surface area contributed by atoms with Crippen molar-refractivity contribution in [3.63, 3.8) is 0 Å². The molecule has 0 aliphatic rings. The van der Waals surface area contributed by atoms with Crippen molar-refractivity contribution in [1.29, 1.82) is 0 Å². The molecule has 4 amide bonds. The van der Waals surface area contributed by atoms with Gasteiger partial charge < -0.3 is 82.8 Å². The predicted octanol–water partition coefficient (Wildman–Crippen LogP) is 14.4. The molecule has 0 aliphatic heterocycles. The highest BCUT2D eigenvalue weighted by Gasteiger charge is 2.34. The van der Waals surface area contributed by atoms with Crippen LogP contribution in [-0.2, 0) is 45.9 Å². The summed E-state index contributed by atoms with van der Waals surface area (Å²) >= 11 is 69.9. The van der Waals surface area contributed by atoms with E-state index in [2.05, 4.69) is 43.0 Å². The summed E-state index contributed by atoms with van der Waals surface area (Å²) < 4.78 is 17.7. The first-order chi connectivity index (χ1) is 52.4. The molecule has 0 saturated carbocycles. The highest BCUT2D eigenvalue weighted by molar-refractivity contribution is 14.1. The van der Waals surface area contributed by atoms with Crippen molar-refractivity contribution in [2.75, 3.05) is 48.5 Å². The van der Waals surface area contributed by atoms with Gasteiger partial charge in [0.1, 0.15) is 6.10 Å². The molecular formula is C59H43Cl7I15N7O25S. The molecule has 15 N–H and O–H groups in total. The SMILES string of the molecule is CC(=O)O[C@@H](C)C(=O)Cl.CC(=O)O[C@@H](C)C(=O)Nc1c(I)c(C(=O)Cl)c(I)c(C(=O)Cl)c1I.C[C@H](O)C(=O)Nc1c(I)c(C(=O)NC(CO)CO)c(I)c(C(=O)NC(CO)CO)c1I.Nc1c(I)c(C(=O)Cl)c(I)c(C(=O)Cl)c1I.Nc1c(I)c(C(=O)O)c(I)c(C(=O)O)c1I.O=C(Cl)c1c(I)c(ON=S)c(I)c(C(=O)Cl)c1I. The summed E-state index contributed by atoms with van der Waals surface area (Å²) in [6.45, 7) is 4.37. The first-order valence-corrected chi connectivity index (χ1v) is 47.7. The van der Waals surface area contributed by atoms with Gasteiger partial charge >= 0.3 is 23.9 Å². The normalized spacial score (nSPS) is 11.2. The van der Waals surface area contributed by atoms with Crippen LogP contribution in [0.5, 0.6) is 5.75 Å². The molecule has 0 aromatic heterocycles. The topological polar surface area (TPSA) is 538 Å². The van der Waals surface area contributed by atoms with Gasteiger partial charge in [0, 0.05) is 31.7 Å². The number of aromatic carboxylic acids is 2. The third kappa shape index (κ3) is 33.2. The van der Waals surface area contributed by atoms with Gasteiger partial charge in [-0.25, -0.2) is 9.59 Å². The van der Waals surface area contributed by atoms with Gasteiger partial charge in [0.15, 0.2) is 18.0 Å². The number of halogens is 22. The van der Waals surface area contributed by atoms with E-state index in [1.54, 1.807) is 113 Å². The molecule has 5 aromatic carbocycles. The lowest BCUT2D eigenvalue weighted by Gasteiger charge is -2.22. The second kappa shape index (κ2) is 55.4. The summed E-state index contributed by atoms with van der Waals surface area (Å²) in [6, 6.07) is -1.89. The van der Waals surface area contributed by atoms with E-state index in [0.717, 1.165) is 0 Å². The fraction of sp³-hybridized carbons (Fsp3) is 0.237. The Balaban J connectivity index is 0.00000139. The third-order valence-corrected chi connectivity index (χ3v) is 30.4. The maximum absolute atomic E-state index is 12.9.